The standard InChI is InChI=1S/C31H32F3NO11/c1-13-28(43-3)18(35-29(41)31(32,33)34)10-20(45-13)46-19-12-30(42,8-9-44-14(2)36)11-17-21(19)27(40)23-22(26(17)39)24(37)15-6-4-5-7-16(15)25(23)38/h4-7,13,18-20,28,39-40,42H,8-12H2,1-3H3,(H,35,41)/t13-,18+,19+,20+,28+,30?/m1/s1. The molecule has 1 heterocycles. The Balaban J connectivity index is 1.56. The number of fused-ring (bicyclic) bond motifs is 3. The van der Waals surface area contributed by atoms with Crippen LogP contribution in [0.4, 0.5) is 13.2 Å². The number of aliphatic hydroxyl groups is 1. The number of carbonyl (C=O) groups is 4. The number of ketones is 2. The van der Waals surface area contributed by atoms with E-state index in [-0.39, 0.29) is 54.5 Å². The summed E-state index contributed by atoms with van der Waals surface area (Å²) in [5, 5.41) is 36.6. The van der Waals surface area contributed by atoms with Gasteiger partial charge in [-0.05, 0) is 6.92 Å². The summed E-state index contributed by atoms with van der Waals surface area (Å²) in [7, 11) is 1.24. The molecule has 0 radical (unpaired) electrons. The normalized spacial score (nSPS) is 27.3. The second-order valence-corrected chi connectivity index (χ2v) is 11.6. The third kappa shape index (κ3) is 6.07. The van der Waals surface area contributed by atoms with E-state index in [9.17, 15) is 47.7 Å². The van der Waals surface area contributed by atoms with E-state index in [1.165, 1.54) is 45.2 Å². The lowest BCUT2D eigenvalue weighted by Gasteiger charge is -2.44. The number of hydrogen-bond donors (Lipinski definition) is 4. The minimum atomic E-state index is -5.18. The van der Waals surface area contributed by atoms with Gasteiger partial charge in [0.25, 0.3) is 0 Å². The van der Waals surface area contributed by atoms with Gasteiger partial charge in [0.05, 0.1) is 41.6 Å². The first-order chi connectivity index (χ1) is 21.6. The van der Waals surface area contributed by atoms with Crippen molar-refractivity contribution in [1.29, 1.82) is 0 Å². The van der Waals surface area contributed by atoms with Crippen molar-refractivity contribution >= 4 is 23.4 Å². The number of benzene rings is 2. The second kappa shape index (κ2) is 12.3. The van der Waals surface area contributed by atoms with Gasteiger partial charge in [0.1, 0.15) is 17.6 Å². The fraction of sp³-hybridized carbons (Fsp3) is 0.484. The van der Waals surface area contributed by atoms with Crippen LogP contribution in [0.15, 0.2) is 24.3 Å². The van der Waals surface area contributed by atoms with Crippen LogP contribution >= 0.6 is 0 Å². The van der Waals surface area contributed by atoms with E-state index < -0.39 is 88.5 Å². The largest absolute Gasteiger partial charge is 0.507 e. The van der Waals surface area contributed by atoms with Gasteiger partial charge in [-0.15, -0.1) is 0 Å². The molecule has 0 spiro atoms. The summed E-state index contributed by atoms with van der Waals surface area (Å²) < 4.78 is 61.6. The zero-order valence-corrected chi connectivity index (χ0v) is 25.0. The highest BCUT2D eigenvalue weighted by Gasteiger charge is 2.49. The van der Waals surface area contributed by atoms with Gasteiger partial charge in [0, 0.05) is 62.0 Å². The minimum absolute atomic E-state index is 0.000826. The number of amides is 1. The second-order valence-electron chi connectivity index (χ2n) is 11.6. The van der Waals surface area contributed by atoms with Crippen molar-refractivity contribution in [1.82, 2.24) is 5.32 Å². The minimum Gasteiger partial charge on any atom is -0.507 e. The first-order valence-electron chi connectivity index (χ1n) is 14.4. The maximum absolute atomic E-state index is 13.5. The average molecular weight is 652 g/mol. The molecular formula is C31H32F3NO11. The Hall–Kier alpha value is -4.05. The highest BCUT2D eigenvalue weighted by atomic mass is 19.4. The lowest BCUT2D eigenvalue weighted by atomic mass is 9.72. The highest BCUT2D eigenvalue weighted by Crippen LogP contribution is 2.52. The van der Waals surface area contributed by atoms with E-state index in [1.807, 2.05) is 5.32 Å². The molecule has 1 saturated heterocycles. The van der Waals surface area contributed by atoms with Crippen LogP contribution in [0.1, 0.15) is 82.2 Å². The predicted molar refractivity (Wildman–Crippen MR) is 149 cm³/mol. The number of aromatic hydroxyl groups is 2. The quantitative estimate of drug-likeness (QED) is 0.218. The van der Waals surface area contributed by atoms with E-state index in [2.05, 4.69) is 0 Å². The smallest absolute Gasteiger partial charge is 0.471 e. The number of rotatable bonds is 7. The van der Waals surface area contributed by atoms with Crippen LogP contribution in [0.5, 0.6) is 11.5 Å². The molecule has 1 fully saturated rings. The van der Waals surface area contributed by atoms with Crippen molar-refractivity contribution in [3.8, 4) is 11.5 Å². The molecule has 1 amide bonds. The van der Waals surface area contributed by atoms with Gasteiger partial charge in [-0.2, -0.15) is 13.2 Å². The molecule has 46 heavy (non-hydrogen) atoms. The summed E-state index contributed by atoms with van der Waals surface area (Å²) in [6.07, 6.45) is -11.0. The van der Waals surface area contributed by atoms with Crippen molar-refractivity contribution in [3.05, 3.63) is 57.6 Å². The maximum Gasteiger partial charge on any atom is 0.471 e. The van der Waals surface area contributed by atoms with Crippen LogP contribution in [0.2, 0.25) is 0 Å². The van der Waals surface area contributed by atoms with Gasteiger partial charge in [0.2, 0.25) is 0 Å². The number of phenols is 2. The van der Waals surface area contributed by atoms with Gasteiger partial charge < -0.3 is 39.6 Å². The molecule has 5 rings (SSSR count). The molecule has 3 aliphatic rings. The fourth-order valence-corrected chi connectivity index (χ4v) is 6.51. The van der Waals surface area contributed by atoms with Gasteiger partial charge in [-0.25, -0.2) is 0 Å². The topological polar surface area (TPSA) is 178 Å². The Morgan fingerprint density at radius 3 is 2.26 bits per heavy atom. The first-order valence-corrected chi connectivity index (χ1v) is 14.4. The third-order valence-electron chi connectivity index (χ3n) is 8.56. The van der Waals surface area contributed by atoms with E-state index >= 15 is 0 Å². The average Bonchev–Trinajstić information content (AvgIpc) is 2.96. The van der Waals surface area contributed by atoms with Crippen LogP contribution in [0.3, 0.4) is 0 Å². The Labute approximate surface area is 260 Å². The van der Waals surface area contributed by atoms with Crippen molar-refractivity contribution in [2.45, 2.75) is 82.0 Å². The number of alkyl halides is 3. The van der Waals surface area contributed by atoms with Crippen molar-refractivity contribution in [2.24, 2.45) is 0 Å². The number of phenolic OH excluding ortho intramolecular Hbond substituents is 2. The number of hydrogen-bond acceptors (Lipinski definition) is 11. The van der Waals surface area contributed by atoms with E-state index in [4.69, 9.17) is 18.9 Å². The SMILES string of the molecule is CO[C@@H]1[C@@H](NC(=O)C(F)(F)F)C[C@H](O[C@H]2CC(O)(CCOC(C)=O)Cc3c(O)c4c(c(O)c32)C(=O)c2ccccc2C4=O)O[C@@H]1C. The molecule has 1 aliphatic heterocycles. The van der Waals surface area contributed by atoms with E-state index in [0.29, 0.717) is 0 Å². The zero-order chi connectivity index (χ0) is 33.7. The van der Waals surface area contributed by atoms with Crippen molar-refractivity contribution in [2.75, 3.05) is 13.7 Å². The molecule has 2 aliphatic carbocycles. The molecule has 15 heteroatoms. The Morgan fingerprint density at radius 2 is 1.70 bits per heavy atom. The molecule has 4 N–H and O–H groups in total. The number of halogens is 3. The number of nitrogens with one attached hydrogen (secondary N) is 1. The summed E-state index contributed by atoms with van der Waals surface area (Å²) in [6.45, 7) is 2.42. The van der Waals surface area contributed by atoms with E-state index in [1.54, 1.807) is 0 Å². The first kappa shape index (κ1) is 33.3. The molecule has 2 aromatic carbocycles. The van der Waals surface area contributed by atoms with Crippen LogP contribution in [-0.4, -0.2) is 88.8 Å². The third-order valence-corrected chi connectivity index (χ3v) is 8.56. The number of carbonyl (C=O) groups excluding carboxylic acids is 4. The van der Waals surface area contributed by atoms with Gasteiger partial charge >= 0.3 is 18.1 Å². The summed E-state index contributed by atoms with van der Waals surface area (Å²) in [4.78, 5) is 50.2. The number of methoxy groups -OCH3 is 1. The Kier molecular flexibility index (Phi) is 8.90. The highest BCUT2D eigenvalue weighted by molar-refractivity contribution is 6.30. The summed E-state index contributed by atoms with van der Waals surface area (Å²) >= 11 is 0. The summed E-state index contributed by atoms with van der Waals surface area (Å²) in [6, 6.07) is 4.63. The van der Waals surface area contributed by atoms with Gasteiger partial charge in [-0.1, -0.05) is 24.3 Å². The fourth-order valence-electron chi connectivity index (χ4n) is 6.51. The Bertz CT molecular complexity index is 1590. The lowest BCUT2D eigenvalue weighted by Crippen LogP contribution is -2.58. The summed E-state index contributed by atoms with van der Waals surface area (Å²) in [5.74, 6) is -5.63. The molecule has 6 atom stereocenters. The maximum atomic E-state index is 13.5. The molecule has 0 saturated carbocycles. The molecule has 0 aromatic heterocycles. The van der Waals surface area contributed by atoms with Crippen LogP contribution < -0.4 is 5.32 Å². The molecule has 248 valence electrons. The van der Waals surface area contributed by atoms with Crippen LogP contribution in [0, 0.1) is 0 Å². The van der Waals surface area contributed by atoms with Crippen LogP contribution in [0.25, 0.3) is 0 Å². The summed E-state index contributed by atoms with van der Waals surface area (Å²) in [5.41, 5.74) is -2.92. The number of ether oxygens (including phenoxy) is 4. The molecular weight excluding hydrogens is 619 g/mol. The number of esters is 1. The van der Waals surface area contributed by atoms with Gasteiger partial charge in [0.15, 0.2) is 17.9 Å². The van der Waals surface area contributed by atoms with Crippen molar-refractivity contribution in [3.63, 3.8) is 0 Å². The predicted octanol–water partition coefficient (Wildman–Crippen LogP) is 2.76. The Morgan fingerprint density at radius 1 is 1.09 bits per heavy atom. The monoisotopic (exact) mass is 651 g/mol. The molecule has 2 aromatic rings. The molecule has 0 bridgehead atoms. The molecule has 1 unspecified atom stereocenters. The van der Waals surface area contributed by atoms with Gasteiger partial charge in [-0.3, -0.25) is 19.2 Å². The zero-order valence-electron chi connectivity index (χ0n) is 25.0. The molecule has 12 nitrogen and oxygen atoms in total. The lowest BCUT2D eigenvalue weighted by molar-refractivity contribution is -0.254. The van der Waals surface area contributed by atoms with Crippen molar-refractivity contribution < 1.29 is 66.6 Å². The van der Waals surface area contributed by atoms with E-state index in [0.717, 1.165) is 0 Å². The van der Waals surface area contributed by atoms with Crippen LogP contribution in [-0.2, 0) is 35.0 Å².